The van der Waals surface area contributed by atoms with E-state index < -0.39 is 5.54 Å². The van der Waals surface area contributed by atoms with Crippen LogP contribution in [0.25, 0.3) is 0 Å². The lowest BCUT2D eigenvalue weighted by molar-refractivity contribution is 0.0780. The van der Waals surface area contributed by atoms with Crippen LogP contribution < -0.4 is 5.32 Å². The van der Waals surface area contributed by atoms with Crippen LogP contribution in [0.1, 0.15) is 31.2 Å². The Hall–Kier alpha value is -0.900. The van der Waals surface area contributed by atoms with E-state index in [1.807, 2.05) is 13.0 Å². The van der Waals surface area contributed by atoms with Crippen LogP contribution in [-0.2, 0) is 0 Å². The van der Waals surface area contributed by atoms with Crippen molar-refractivity contribution in [2.75, 3.05) is 13.2 Å². The maximum atomic E-state index is 9.21. The van der Waals surface area contributed by atoms with E-state index in [0.717, 1.165) is 12.8 Å². The minimum Gasteiger partial charge on any atom is -0.394 e. The number of nitrogens with one attached hydrogen (secondary N) is 1. The van der Waals surface area contributed by atoms with E-state index in [1.165, 1.54) is 5.56 Å². The van der Waals surface area contributed by atoms with Crippen molar-refractivity contribution in [1.82, 2.24) is 5.32 Å². The van der Waals surface area contributed by atoms with Crippen molar-refractivity contribution >= 4 is 0 Å². The minimum absolute atomic E-state index is 0.0317. The van der Waals surface area contributed by atoms with Gasteiger partial charge in [-0.05, 0) is 31.2 Å². The van der Waals surface area contributed by atoms with Gasteiger partial charge in [0, 0.05) is 6.04 Å². The summed E-state index contributed by atoms with van der Waals surface area (Å²) in [6.07, 6.45) is 2.17. The molecule has 0 amide bonds. The Morgan fingerprint density at radius 3 is 2.29 bits per heavy atom. The van der Waals surface area contributed by atoms with Gasteiger partial charge in [0.1, 0.15) is 0 Å². The molecule has 94 valence electrons. The lowest BCUT2D eigenvalue weighted by Gasteiger charge is -2.41. The summed E-state index contributed by atoms with van der Waals surface area (Å²) in [5.74, 6) is 0.621. The van der Waals surface area contributed by atoms with Crippen LogP contribution >= 0.6 is 0 Å². The quantitative estimate of drug-likeness (QED) is 0.720. The van der Waals surface area contributed by atoms with Crippen molar-refractivity contribution in [3.63, 3.8) is 0 Å². The molecule has 1 aliphatic carbocycles. The molecule has 1 aromatic rings. The second-order valence-electron chi connectivity index (χ2n) is 5.30. The average Bonchev–Trinajstić information content (AvgIpc) is 2.34. The summed E-state index contributed by atoms with van der Waals surface area (Å²) in [6.45, 7) is 1.79. The molecule has 0 radical (unpaired) electrons. The van der Waals surface area contributed by atoms with E-state index in [9.17, 15) is 10.2 Å². The van der Waals surface area contributed by atoms with Gasteiger partial charge < -0.3 is 15.5 Å². The molecule has 0 saturated heterocycles. The summed E-state index contributed by atoms with van der Waals surface area (Å²) in [4.78, 5) is 0. The zero-order valence-electron chi connectivity index (χ0n) is 10.3. The highest BCUT2D eigenvalue weighted by atomic mass is 16.3. The first kappa shape index (κ1) is 12.6. The molecule has 3 heteroatoms. The fourth-order valence-corrected chi connectivity index (χ4v) is 2.37. The summed E-state index contributed by atoms with van der Waals surface area (Å²) in [6, 6.07) is 10.9. The molecule has 1 aromatic carbocycles. The predicted molar refractivity (Wildman–Crippen MR) is 67.9 cm³/mol. The highest BCUT2D eigenvalue weighted by Gasteiger charge is 2.35. The van der Waals surface area contributed by atoms with Gasteiger partial charge in [0.25, 0.3) is 0 Å². The third-order valence-electron chi connectivity index (χ3n) is 3.66. The molecule has 3 nitrogen and oxygen atoms in total. The highest BCUT2D eigenvalue weighted by Crippen LogP contribution is 2.37. The SMILES string of the molecule is CC(CO)(CO)NC1CC(c2ccccc2)C1. The Morgan fingerprint density at radius 2 is 1.76 bits per heavy atom. The van der Waals surface area contributed by atoms with Crippen LogP contribution in [0.5, 0.6) is 0 Å². The largest absolute Gasteiger partial charge is 0.394 e. The fourth-order valence-electron chi connectivity index (χ4n) is 2.37. The highest BCUT2D eigenvalue weighted by molar-refractivity contribution is 5.22. The summed E-state index contributed by atoms with van der Waals surface area (Å²) >= 11 is 0. The molecule has 0 bridgehead atoms. The molecular weight excluding hydrogens is 214 g/mol. The lowest BCUT2D eigenvalue weighted by atomic mass is 9.75. The van der Waals surface area contributed by atoms with Crippen molar-refractivity contribution in [3.8, 4) is 0 Å². The van der Waals surface area contributed by atoms with Crippen LogP contribution in [0.15, 0.2) is 30.3 Å². The zero-order chi connectivity index (χ0) is 12.3. The van der Waals surface area contributed by atoms with E-state index in [-0.39, 0.29) is 13.2 Å². The lowest BCUT2D eigenvalue weighted by Crippen LogP contribution is -2.56. The van der Waals surface area contributed by atoms with Gasteiger partial charge in [-0.2, -0.15) is 0 Å². The van der Waals surface area contributed by atoms with Crippen molar-refractivity contribution in [2.45, 2.75) is 37.3 Å². The van der Waals surface area contributed by atoms with E-state index in [2.05, 4.69) is 29.6 Å². The summed E-state index contributed by atoms with van der Waals surface area (Å²) in [5, 5.41) is 21.8. The summed E-state index contributed by atoms with van der Waals surface area (Å²) < 4.78 is 0. The monoisotopic (exact) mass is 235 g/mol. The molecule has 0 aromatic heterocycles. The van der Waals surface area contributed by atoms with Gasteiger partial charge in [-0.3, -0.25) is 0 Å². The van der Waals surface area contributed by atoms with E-state index in [1.54, 1.807) is 0 Å². The Bertz CT molecular complexity index is 342. The van der Waals surface area contributed by atoms with Crippen LogP contribution in [0.2, 0.25) is 0 Å². The number of aliphatic hydroxyl groups is 2. The fraction of sp³-hybridized carbons (Fsp3) is 0.571. The van der Waals surface area contributed by atoms with Gasteiger partial charge in [-0.1, -0.05) is 30.3 Å². The maximum absolute atomic E-state index is 9.21. The first-order valence-electron chi connectivity index (χ1n) is 6.21. The molecule has 0 aliphatic heterocycles. The Balaban J connectivity index is 1.83. The molecule has 0 spiro atoms. The number of rotatable bonds is 5. The van der Waals surface area contributed by atoms with Gasteiger partial charge in [0.15, 0.2) is 0 Å². The molecule has 1 fully saturated rings. The van der Waals surface area contributed by atoms with Crippen LogP contribution in [-0.4, -0.2) is 35.0 Å². The minimum atomic E-state index is -0.549. The Morgan fingerprint density at radius 1 is 1.18 bits per heavy atom. The molecule has 0 heterocycles. The van der Waals surface area contributed by atoms with Crippen LogP contribution in [0.3, 0.4) is 0 Å². The van der Waals surface area contributed by atoms with Crippen LogP contribution in [0.4, 0.5) is 0 Å². The Kier molecular flexibility index (Phi) is 3.82. The van der Waals surface area contributed by atoms with Crippen molar-refractivity contribution in [2.24, 2.45) is 0 Å². The topological polar surface area (TPSA) is 52.5 Å². The standard InChI is InChI=1S/C14H21NO2/c1-14(9-16,10-17)15-13-7-12(8-13)11-5-3-2-4-6-11/h2-6,12-13,15-17H,7-10H2,1H3. The third kappa shape index (κ3) is 2.86. The smallest absolute Gasteiger partial charge is 0.0633 e. The number of hydrogen-bond acceptors (Lipinski definition) is 3. The predicted octanol–water partition coefficient (Wildman–Crippen LogP) is 1.27. The molecule has 0 atom stereocenters. The molecule has 1 saturated carbocycles. The summed E-state index contributed by atoms with van der Waals surface area (Å²) in [7, 11) is 0. The first-order chi connectivity index (χ1) is 8.17. The average molecular weight is 235 g/mol. The maximum Gasteiger partial charge on any atom is 0.0633 e. The van der Waals surface area contributed by atoms with Gasteiger partial charge in [-0.15, -0.1) is 0 Å². The van der Waals surface area contributed by atoms with E-state index in [4.69, 9.17) is 0 Å². The van der Waals surface area contributed by atoms with Gasteiger partial charge in [0.05, 0.1) is 18.8 Å². The van der Waals surface area contributed by atoms with Crippen molar-refractivity contribution < 1.29 is 10.2 Å². The normalized spacial score (nSPS) is 24.4. The van der Waals surface area contributed by atoms with Crippen molar-refractivity contribution in [3.05, 3.63) is 35.9 Å². The first-order valence-corrected chi connectivity index (χ1v) is 6.21. The molecule has 2 rings (SSSR count). The molecule has 17 heavy (non-hydrogen) atoms. The number of hydrogen-bond donors (Lipinski definition) is 3. The summed E-state index contributed by atoms with van der Waals surface area (Å²) in [5.41, 5.74) is 0.840. The number of benzene rings is 1. The Labute approximate surface area is 102 Å². The second kappa shape index (κ2) is 5.17. The molecule has 0 unspecified atom stereocenters. The van der Waals surface area contributed by atoms with Crippen molar-refractivity contribution in [1.29, 1.82) is 0 Å². The van der Waals surface area contributed by atoms with Crippen LogP contribution in [0, 0.1) is 0 Å². The zero-order valence-corrected chi connectivity index (χ0v) is 10.3. The van der Waals surface area contributed by atoms with E-state index in [0.29, 0.717) is 12.0 Å². The van der Waals surface area contributed by atoms with Gasteiger partial charge in [-0.25, -0.2) is 0 Å². The third-order valence-corrected chi connectivity index (χ3v) is 3.66. The van der Waals surface area contributed by atoms with E-state index >= 15 is 0 Å². The second-order valence-corrected chi connectivity index (χ2v) is 5.30. The van der Waals surface area contributed by atoms with Gasteiger partial charge in [0.2, 0.25) is 0 Å². The molecular formula is C14H21NO2. The molecule has 3 N–H and O–H groups in total. The van der Waals surface area contributed by atoms with Gasteiger partial charge >= 0.3 is 0 Å². The number of aliphatic hydroxyl groups excluding tert-OH is 2. The molecule has 1 aliphatic rings.